The second kappa shape index (κ2) is 6.67. The van der Waals surface area contributed by atoms with E-state index < -0.39 is 9.84 Å². The maximum atomic E-state index is 11.0. The Morgan fingerprint density at radius 1 is 1.20 bits per heavy atom. The monoisotopic (exact) mass is 293 g/mol. The molecule has 0 aliphatic rings. The third kappa shape index (κ3) is 4.79. The smallest absolute Gasteiger partial charge is 0.147 e. The van der Waals surface area contributed by atoms with E-state index in [9.17, 15) is 8.42 Å². The highest BCUT2D eigenvalue weighted by molar-refractivity contribution is 7.90. The Kier molecular flexibility index (Phi) is 4.92. The van der Waals surface area contributed by atoms with Crippen molar-refractivity contribution in [3.05, 3.63) is 48.3 Å². The number of benzene rings is 1. The van der Waals surface area contributed by atoms with Gasteiger partial charge in [0.2, 0.25) is 0 Å². The Morgan fingerprint density at radius 2 is 1.95 bits per heavy atom. The van der Waals surface area contributed by atoms with Crippen LogP contribution < -0.4 is 5.32 Å². The van der Waals surface area contributed by atoms with E-state index in [1.165, 1.54) is 6.26 Å². The van der Waals surface area contributed by atoms with Crippen molar-refractivity contribution in [3.8, 4) is 5.69 Å². The molecule has 0 bridgehead atoms. The van der Waals surface area contributed by atoms with Gasteiger partial charge in [0, 0.05) is 19.0 Å². The number of hydrogen-bond acceptors (Lipinski definition) is 4. The van der Waals surface area contributed by atoms with Gasteiger partial charge in [-0.15, -0.1) is 0 Å². The highest BCUT2D eigenvalue weighted by atomic mass is 32.2. The fraction of sp³-hybridized carbons (Fsp3) is 0.357. The minimum atomic E-state index is -2.86. The number of nitrogens with zero attached hydrogens (tertiary/aromatic N) is 2. The van der Waals surface area contributed by atoms with E-state index in [1.54, 1.807) is 0 Å². The molecule has 0 fully saturated rings. The number of nitrogens with one attached hydrogen (secondary N) is 1. The van der Waals surface area contributed by atoms with Gasteiger partial charge in [-0.3, -0.25) is 0 Å². The average molecular weight is 293 g/mol. The number of rotatable bonds is 7. The predicted octanol–water partition coefficient (Wildman–Crippen LogP) is 1.40. The fourth-order valence-electron chi connectivity index (χ4n) is 1.86. The number of sulfone groups is 1. The highest BCUT2D eigenvalue weighted by Crippen LogP contribution is 2.06. The molecule has 1 heterocycles. The zero-order chi connectivity index (χ0) is 14.4. The lowest BCUT2D eigenvalue weighted by Crippen LogP contribution is -2.18. The van der Waals surface area contributed by atoms with Crippen molar-refractivity contribution in [1.29, 1.82) is 0 Å². The van der Waals surface area contributed by atoms with Crippen molar-refractivity contribution in [2.45, 2.75) is 13.0 Å². The first-order chi connectivity index (χ1) is 9.54. The summed E-state index contributed by atoms with van der Waals surface area (Å²) < 4.78 is 23.8. The molecule has 2 rings (SSSR count). The summed E-state index contributed by atoms with van der Waals surface area (Å²) in [4.78, 5) is 0. The Balaban J connectivity index is 1.79. The van der Waals surface area contributed by atoms with Crippen molar-refractivity contribution in [3.63, 3.8) is 0 Å². The van der Waals surface area contributed by atoms with Crippen LogP contribution in [0.15, 0.2) is 42.6 Å². The van der Waals surface area contributed by atoms with Crippen molar-refractivity contribution < 1.29 is 8.42 Å². The standard InChI is InChI=1S/C14H19N3O2S/c1-20(18,19)11-5-9-15-12-13-8-10-17(16-13)14-6-3-2-4-7-14/h2-4,6-8,10,15H,5,9,11-12H2,1H3. The Morgan fingerprint density at radius 3 is 2.65 bits per heavy atom. The molecule has 6 heteroatoms. The summed E-state index contributed by atoms with van der Waals surface area (Å²) in [6, 6.07) is 11.9. The van der Waals surface area contributed by atoms with Crippen LogP contribution in [0, 0.1) is 0 Å². The lowest BCUT2D eigenvalue weighted by molar-refractivity contribution is 0.593. The van der Waals surface area contributed by atoms with Crippen LogP contribution in [-0.4, -0.2) is 36.8 Å². The van der Waals surface area contributed by atoms with Crippen molar-refractivity contribution in [2.24, 2.45) is 0 Å². The molecule has 0 aliphatic heterocycles. The quantitative estimate of drug-likeness (QED) is 0.784. The average Bonchev–Trinajstić information content (AvgIpc) is 2.87. The SMILES string of the molecule is CS(=O)(=O)CCCNCc1ccn(-c2ccccc2)n1. The predicted molar refractivity (Wildman–Crippen MR) is 79.6 cm³/mol. The summed E-state index contributed by atoms with van der Waals surface area (Å²) in [6.45, 7) is 1.31. The van der Waals surface area contributed by atoms with E-state index in [0.29, 0.717) is 19.5 Å². The second-order valence-corrected chi connectivity index (χ2v) is 7.01. The lowest BCUT2D eigenvalue weighted by Gasteiger charge is -2.02. The first kappa shape index (κ1) is 14.7. The molecule has 0 amide bonds. The van der Waals surface area contributed by atoms with Gasteiger partial charge in [0.05, 0.1) is 17.1 Å². The summed E-state index contributed by atoms with van der Waals surface area (Å²) >= 11 is 0. The Labute approximate surface area is 119 Å². The van der Waals surface area contributed by atoms with E-state index in [-0.39, 0.29) is 5.75 Å². The zero-order valence-corrected chi connectivity index (χ0v) is 12.3. The van der Waals surface area contributed by atoms with Gasteiger partial charge in [0.15, 0.2) is 0 Å². The molecule has 0 saturated carbocycles. The molecular formula is C14H19N3O2S. The molecule has 0 unspecified atom stereocenters. The molecule has 2 aromatic rings. The maximum absolute atomic E-state index is 11.0. The summed E-state index contributed by atoms with van der Waals surface area (Å²) in [6.07, 6.45) is 3.80. The molecule has 1 aromatic carbocycles. The number of hydrogen-bond donors (Lipinski definition) is 1. The topological polar surface area (TPSA) is 64.0 Å². The van der Waals surface area contributed by atoms with Crippen LogP contribution in [0.1, 0.15) is 12.1 Å². The van der Waals surface area contributed by atoms with Crippen LogP contribution in [0.5, 0.6) is 0 Å². The van der Waals surface area contributed by atoms with Crippen LogP contribution in [0.4, 0.5) is 0 Å². The van der Waals surface area contributed by atoms with Crippen LogP contribution in [0.3, 0.4) is 0 Å². The molecule has 1 N–H and O–H groups in total. The van der Waals surface area contributed by atoms with Crippen LogP contribution in [0.2, 0.25) is 0 Å². The summed E-state index contributed by atoms with van der Waals surface area (Å²) in [5.74, 6) is 0.221. The van der Waals surface area contributed by atoms with Crippen LogP contribution in [-0.2, 0) is 16.4 Å². The summed E-state index contributed by atoms with van der Waals surface area (Å²) in [5.41, 5.74) is 1.96. The largest absolute Gasteiger partial charge is 0.311 e. The third-order valence-corrected chi connectivity index (χ3v) is 3.87. The van der Waals surface area contributed by atoms with E-state index in [4.69, 9.17) is 0 Å². The van der Waals surface area contributed by atoms with Gasteiger partial charge in [0.1, 0.15) is 9.84 Å². The Bertz CT molecular complexity index is 635. The van der Waals surface area contributed by atoms with E-state index in [0.717, 1.165) is 11.4 Å². The van der Waals surface area contributed by atoms with E-state index in [2.05, 4.69) is 10.4 Å². The molecule has 108 valence electrons. The lowest BCUT2D eigenvalue weighted by atomic mass is 10.3. The fourth-order valence-corrected chi connectivity index (χ4v) is 2.53. The van der Waals surface area contributed by atoms with Gasteiger partial charge in [-0.1, -0.05) is 18.2 Å². The third-order valence-electron chi connectivity index (χ3n) is 2.84. The van der Waals surface area contributed by atoms with Gasteiger partial charge in [-0.25, -0.2) is 13.1 Å². The molecule has 0 aliphatic carbocycles. The van der Waals surface area contributed by atoms with Crippen LogP contribution >= 0.6 is 0 Å². The van der Waals surface area contributed by atoms with Gasteiger partial charge in [-0.2, -0.15) is 5.10 Å². The van der Waals surface area contributed by atoms with Gasteiger partial charge in [0.25, 0.3) is 0 Å². The highest BCUT2D eigenvalue weighted by Gasteiger charge is 2.02. The molecular weight excluding hydrogens is 274 g/mol. The molecule has 0 atom stereocenters. The number of aromatic nitrogens is 2. The maximum Gasteiger partial charge on any atom is 0.147 e. The normalized spacial score (nSPS) is 11.7. The molecule has 0 radical (unpaired) electrons. The first-order valence-corrected chi connectivity index (χ1v) is 8.59. The molecule has 5 nitrogen and oxygen atoms in total. The van der Waals surface area contributed by atoms with Gasteiger partial charge in [-0.05, 0) is 31.2 Å². The van der Waals surface area contributed by atoms with E-state index in [1.807, 2.05) is 47.3 Å². The Hall–Kier alpha value is -1.66. The molecule has 0 saturated heterocycles. The summed E-state index contributed by atoms with van der Waals surface area (Å²) in [5, 5.41) is 7.66. The first-order valence-electron chi connectivity index (χ1n) is 6.53. The molecule has 20 heavy (non-hydrogen) atoms. The van der Waals surface area contributed by atoms with Crippen molar-refractivity contribution in [1.82, 2.24) is 15.1 Å². The van der Waals surface area contributed by atoms with E-state index >= 15 is 0 Å². The summed E-state index contributed by atoms with van der Waals surface area (Å²) in [7, 11) is -2.86. The minimum Gasteiger partial charge on any atom is -0.311 e. The van der Waals surface area contributed by atoms with Gasteiger partial charge >= 0.3 is 0 Å². The number of para-hydroxylation sites is 1. The molecule has 1 aromatic heterocycles. The van der Waals surface area contributed by atoms with Crippen molar-refractivity contribution >= 4 is 9.84 Å². The molecule has 0 spiro atoms. The van der Waals surface area contributed by atoms with Gasteiger partial charge < -0.3 is 5.32 Å². The van der Waals surface area contributed by atoms with Crippen LogP contribution in [0.25, 0.3) is 5.69 Å². The minimum absolute atomic E-state index is 0.221. The van der Waals surface area contributed by atoms with Crippen molar-refractivity contribution in [2.75, 3.05) is 18.6 Å². The second-order valence-electron chi connectivity index (χ2n) is 4.75. The zero-order valence-electron chi connectivity index (χ0n) is 11.5.